The first-order chi connectivity index (χ1) is 14.1. The van der Waals surface area contributed by atoms with E-state index in [4.69, 9.17) is 9.47 Å². The highest BCUT2D eigenvalue weighted by Crippen LogP contribution is 2.38. The summed E-state index contributed by atoms with van der Waals surface area (Å²) in [6.45, 7) is 2.87. The van der Waals surface area contributed by atoms with E-state index < -0.39 is 0 Å². The predicted molar refractivity (Wildman–Crippen MR) is 124 cm³/mol. The molecule has 3 rings (SSSR count). The third-order valence-electron chi connectivity index (χ3n) is 4.14. The molecule has 3 nitrogen and oxygen atoms in total. The fourth-order valence-corrected chi connectivity index (χ4v) is 3.61. The van der Waals surface area contributed by atoms with E-state index in [0.29, 0.717) is 30.3 Å². The van der Waals surface area contributed by atoms with Crippen molar-refractivity contribution in [2.24, 2.45) is 0 Å². The molecule has 0 bridgehead atoms. The van der Waals surface area contributed by atoms with Gasteiger partial charge in [-0.15, -0.1) is 0 Å². The number of hydrogen-bond donors (Lipinski definition) is 0. The molecular weight excluding hydrogens is 494 g/mol. The lowest BCUT2D eigenvalue weighted by Crippen LogP contribution is -2.01. The summed E-state index contributed by atoms with van der Waals surface area (Å²) in [6.07, 6.45) is 1.85. The number of hydrogen-bond acceptors (Lipinski definition) is 3. The van der Waals surface area contributed by atoms with Crippen LogP contribution < -0.4 is 9.47 Å². The van der Waals surface area contributed by atoms with Gasteiger partial charge in [-0.2, -0.15) is 5.26 Å². The number of rotatable bonds is 7. The molecule has 0 saturated carbocycles. The molecule has 0 aromatic heterocycles. The normalized spacial score (nSPS) is 11.0. The highest BCUT2D eigenvalue weighted by atomic mass is 79.9. The summed E-state index contributed by atoms with van der Waals surface area (Å²) >= 11 is 7.04. The Balaban J connectivity index is 1.90. The largest absolute Gasteiger partial charge is 0.490 e. The highest BCUT2D eigenvalue weighted by molar-refractivity contribution is 9.10. The summed E-state index contributed by atoms with van der Waals surface area (Å²) in [5.41, 5.74) is 3.38. The zero-order valence-electron chi connectivity index (χ0n) is 15.9. The van der Waals surface area contributed by atoms with E-state index in [0.717, 1.165) is 25.6 Å². The zero-order chi connectivity index (χ0) is 20.6. The molecule has 3 aromatic rings. The van der Waals surface area contributed by atoms with Gasteiger partial charge in [0.1, 0.15) is 6.61 Å². The number of allylic oxidation sites excluding steroid dienone is 1. The molecule has 5 heteroatoms. The molecule has 0 atom stereocenters. The Hall–Kier alpha value is -2.55. The Morgan fingerprint density at radius 2 is 1.72 bits per heavy atom. The maximum atomic E-state index is 9.58. The molecule has 146 valence electrons. The first-order valence-electron chi connectivity index (χ1n) is 9.11. The van der Waals surface area contributed by atoms with Crippen molar-refractivity contribution in [2.45, 2.75) is 13.5 Å². The van der Waals surface area contributed by atoms with Gasteiger partial charge < -0.3 is 9.47 Å². The minimum atomic E-state index is 0.425. The van der Waals surface area contributed by atoms with E-state index in [1.165, 1.54) is 0 Å². The van der Waals surface area contributed by atoms with Gasteiger partial charge in [-0.1, -0.05) is 58.4 Å². The third kappa shape index (κ3) is 5.72. The molecule has 0 heterocycles. The van der Waals surface area contributed by atoms with Crippen molar-refractivity contribution in [1.82, 2.24) is 0 Å². The van der Waals surface area contributed by atoms with Gasteiger partial charge in [0.2, 0.25) is 0 Å². The third-order valence-corrected chi connectivity index (χ3v) is 5.26. The first-order valence-corrected chi connectivity index (χ1v) is 10.7. The van der Waals surface area contributed by atoms with Crippen LogP contribution in [-0.2, 0) is 6.61 Å². The summed E-state index contributed by atoms with van der Waals surface area (Å²) in [7, 11) is 0. The molecule has 0 spiro atoms. The summed E-state index contributed by atoms with van der Waals surface area (Å²) in [6, 6.07) is 23.7. The predicted octanol–water partition coefficient (Wildman–Crippen LogP) is 7.25. The van der Waals surface area contributed by atoms with Crippen molar-refractivity contribution in [2.75, 3.05) is 6.61 Å². The van der Waals surface area contributed by atoms with Gasteiger partial charge >= 0.3 is 0 Å². The van der Waals surface area contributed by atoms with Crippen molar-refractivity contribution in [1.29, 1.82) is 5.26 Å². The molecule has 0 fully saturated rings. The average Bonchev–Trinajstić information content (AvgIpc) is 2.73. The van der Waals surface area contributed by atoms with Gasteiger partial charge in [-0.3, -0.25) is 0 Å². The second-order valence-corrected chi connectivity index (χ2v) is 7.98. The number of nitrogens with zero attached hydrogens (tertiary/aromatic N) is 1. The second-order valence-electron chi connectivity index (χ2n) is 6.21. The van der Waals surface area contributed by atoms with Crippen molar-refractivity contribution in [3.63, 3.8) is 0 Å². The van der Waals surface area contributed by atoms with Crippen LogP contribution in [0.1, 0.15) is 23.6 Å². The molecule has 0 aliphatic heterocycles. The minimum absolute atomic E-state index is 0.425. The first kappa shape index (κ1) is 21.2. The highest BCUT2D eigenvalue weighted by Gasteiger charge is 2.13. The summed E-state index contributed by atoms with van der Waals surface area (Å²) in [5.74, 6) is 1.28. The molecule has 0 aliphatic rings. The van der Waals surface area contributed by atoms with Crippen LogP contribution in [0.2, 0.25) is 0 Å². The fraction of sp³-hybridized carbons (Fsp3) is 0.125. The maximum Gasteiger partial charge on any atom is 0.175 e. The molecule has 0 aliphatic carbocycles. The van der Waals surface area contributed by atoms with Gasteiger partial charge in [0.15, 0.2) is 11.5 Å². The summed E-state index contributed by atoms with van der Waals surface area (Å²) < 4.78 is 13.7. The quantitative estimate of drug-likeness (QED) is 0.247. The van der Waals surface area contributed by atoms with Gasteiger partial charge in [-0.25, -0.2) is 0 Å². The van der Waals surface area contributed by atoms with E-state index in [1.807, 2.05) is 79.7 Å². The van der Waals surface area contributed by atoms with Crippen LogP contribution in [0.25, 0.3) is 11.6 Å². The van der Waals surface area contributed by atoms with Gasteiger partial charge in [0, 0.05) is 4.47 Å². The molecule has 0 radical (unpaired) electrons. The standard InChI is InChI=1S/C24H19Br2NO2/c1-2-28-23-14-18(12-20(15-27)19-6-4-3-5-7-19)13-22(26)24(23)29-16-17-8-10-21(25)11-9-17/h3-14H,2,16H2,1H3/b20-12-. The summed E-state index contributed by atoms with van der Waals surface area (Å²) in [4.78, 5) is 0. The fourth-order valence-electron chi connectivity index (χ4n) is 2.77. The molecule has 29 heavy (non-hydrogen) atoms. The van der Waals surface area contributed by atoms with Gasteiger partial charge in [0.05, 0.1) is 22.7 Å². The number of benzene rings is 3. The van der Waals surface area contributed by atoms with Gasteiger partial charge in [0.25, 0.3) is 0 Å². The smallest absolute Gasteiger partial charge is 0.175 e. The van der Waals surface area contributed by atoms with Crippen LogP contribution in [0.4, 0.5) is 0 Å². The van der Waals surface area contributed by atoms with Crippen LogP contribution in [0.5, 0.6) is 11.5 Å². The monoisotopic (exact) mass is 511 g/mol. The van der Waals surface area contributed by atoms with Crippen molar-refractivity contribution in [3.05, 3.63) is 92.4 Å². The maximum absolute atomic E-state index is 9.58. The lowest BCUT2D eigenvalue weighted by atomic mass is 10.0. The Morgan fingerprint density at radius 1 is 1.00 bits per heavy atom. The summed E-state index contributed by atoms with van der Waals surface area (Å²) in [5, 5.41) is 9.58. The molecule has 0 unspecified atom stereocenters. The van der Waals surface area contributed by atoms with Crippen LogP contribution in [0.3, 0.4) is 0 Å². The molecule has 0 amide bonds. The Morgan fingerprint density at radius 3 is 2.38 bits per heavy atom. The van der Waals surface area contributed by atoms with Crippen LogP contribution in [-0.4, -0.2) is 6.61 Å². The van der Waals surface area contributed by atoms with E-state index in [-0.39, 0.29) is 0 Å². The van der Waals surface area contributed by atoms with Crippen molar-refractivity contribution >= 4 is 43.5 Å². The molecule has 3 aromatic carbocycles. The van der Waals surface area contributed by atoms with Crippen molar-refractivity contribution in [3.8, 4) is 17.6 Å². The molecule has 0 saturated heterocycles. The lowest BCUT2D eigenvalue weighted by molar-refractivity contribution is 0.267. The zero-order valence-corrected chi connectivity index (χ0v) is 19.0. The SMILES string of the molecule is CCOc1cc(/C=C(/C#N)c2ccccc2)cc(Br)c1OCc1ccc(Br)cc1. The Kier molecular flexibility index (Phi) is 7.51. The minimum Gasteiger partial charge on any atom is -0.490 e. The van der Waals surface area contributed by atoms with E-state index in [9.17, 15) is 5.26 Å². The Bertz CT molecular complexity index is 1040. The average molecular weight is 513 g/mol. The van der Waals surface area contributed by atoms with Crippen LogP contribution in [0.15, 0.2) is 75.7 Å². The van der Waals surface area contributed by atoms with Crippen molar-refractivity contribution < 1.29 is 9.47 Å². The molecular formula is C24H19Br2NO2. The van der Waals surface area contributed by atoms with Crippen LogP contribution in [0, 0.1) is 11.3 Å². The molecule has 0 N–H and O–H groups in total. The second kappa shape index (κ2) is 10.3. The van der Waals surface area contributed by atoms with Crippen LogP contribution >= 0.6 is 31.9 Å². The van der Waals surface area contributed by atoms with E-state index in [1.54, 1.807) is 0 Å². The van der Waals surface area contributed by atoms with Gasteiger partial charge in [-0.05, 0) is 69.9 Å². The Labute approximate surface area is 187 Å². The lowest BCUT2D eigenvalue weighted by Gasteiger charge is -2.15. The number of ether oxygens (including phenoxy) is 2. The van der Waals surface area contributed by atoms with E-state index >= 15 is 0 Å². The number of nitriles is 1. The number of halogens is 2. The topological polar surface area (TPSA) is 42.2 Å². The van der Waals surface area contributed by atoms with E-state index in [2.05, 4.69) is 37.9 Å².